The summed E-state index contributed by atoms with van der Waals surface area (Å²) in [5.41, 5.74) is 24.5. The zero-order valence-electron chi connectivity index (χ0n) is 38.0. The van der Waals surface area contributed by atoms with E-state index in [1.165, 1.54) is 82.9 Å². The fourth-order valence-corrected chi connectivity index (χ4v) is 12.7. The maximum Gasteiger partial charge on any atom is 0.144 e. The predicted molar refractivity (Wildman–Crippen MR) is 274 cm³/mol. The maximum atomic E-state index is 6.96. The molecule has 0 fully saturated rings. The number of fused-ring (bicyclic) bond motifs is 19. The number of hydrogen-bond acceptors (Lipinski definition) is 3. The average Bonchev–Trinajstić information content (AvgIpc) is 4.09. The molecular formula is C63H47NO2. The molecular weight excluding hydrogens is 803 g/mol. The average molecular weight is 850 g/mol. The van der Waals surface area contributed by atoms with Crippen molar-refractivity contribution in [1.29, 1.82) is 0 Å². The summed E-state index contributed by atoms with van der Waals surface area (Å²) in [5, 5.41) is 4.74. The lowest BCUT2D eigenvalue weighted by molar-refractivity contribution is 0.600. The summed E-state index contributed by atoms with van der Waals surface area (Å²) in [5.74, 6) is 0. The fraction of sp³-hybridized carbons (Fsp3) is 0.143. The Kier molecular flexibility index (Phi) is 7.32. The van der Waals surface area contributed by atoms with Crippen LogP contribution in [0.3, 0.4) is 0 Å². The molecule has 9 aromatic carbocycles. The van der Waals surface area contributed by atoms with Crippen LogP contribution < -0.4 is 4.90 Å². The summed E-state index contributed by atoms with van der Waals surface area (Å²) in [4.78, 5) is 2.46. The minimum Gasteiger partial charge on any atom is -0.455 e. The molecule has 11 aromatic rings. The summed E-state index contributed by atoms with van der Waals surface area (Å²) >= 11 is 0. The van der Waals surface area contributed by atoms with Crippen molar-refractivity contribution >= 4 is 60.9 Å². The van der Waals surface area contributed by atoms with Crippen LogP contribution in [0.25, 0.3) is 88.4 Å². The molecule has 3 heteroatoms. The predicted octanol–water partition coefficient (Wildman–Crippen LogP) is 17.5. The van der Waals surface area contributed by atoms with Gasteiger partial charge in [0.1, 0.15) is 22.3 Å². The molecule has 0 aliphatic heterocycles. The SMILES string of the molecule is CC1(C)c2cc(N(c3ccccc3)c3ccc4c(c3)C(C)(C)c3c5c(c6oc7ccccc7c6c3-4)-c3ccccc3C5(C)C)ccc2-c2c1cc(-c1ccccc1)c1oc3ccccc3c21. The smallest absolute Gasteiger partial charge is 0.144 e. The molecule has 2 aromatic heterocycles. The van der Waals surface area contributed by atoms with E-state index >= 15 is 0 Å². The van der Waals surface area contributed by atoms with E-state index in [1.807, 2.05) is 0 Å². The van der Waals surface area contributed by atoms with Crippen LogP contribution in [0, 0.1) is 0 Å². The summed E-state index contributed by atoms with van der Waals surface area (Å²) in [6, 6.07) is 64.5. The number of rotatable bonds is 4. The molecule has 0 spiro atoms. The lowest BCUT2D eigenvalue weighted by atomic mass is 9.72. The van der Waals surface area contributed by atoms with Crippen LogP contribution in [0.2, 0.25) is 0 Å². The standard InChI is InChI=1S/C63H47NO2/c1-61(2)47-33-38(29-31-41(47)52-49(61)35-45(36-19-9-7-10-20-36)59-54(52)43-24-14-17-27-50(43)65-59)64(37-21-11-8-12-22-37)39-30-32-42-48(34-39)63(5,6)57-53(42)55-44-25-15-18-28-51(44)66-60(55)56-40-23-13-16-26-46(40)62(3,4)58(56)57/h7-35H,1-6H3. The van der Waals surface area contributed by atoms with Gasteiger partial charge in [-0.05, 0) is 121 Å². The van der Waals surface area contributed by atoms with Gasteiger partial charge in [-0.1, -0.05) is 163 Å². The minimum absolute atomic E-state index is 0.216. The van der Waals surface area contributed by atoms with E-state index in [0.717, 1.165) is 55.9 Å². The Labute approximate surface area is 384 Å². The fourth-order valence-electron chi connectivity index (χ4n) is 12.7. The summed E-state index contributed by atoms with van der Waals surface area (Å²) in [7, 11) is 0. The number of anilines is 3. The summed E-state index contributed by atoms with van der Waals surface area (Å²) in [6.07, 6.45) is 0. The third-order valence-corrected chi connectivity index (χ3v) is 15.8. The molecule has 3 nitrogen and oxygen atoms in total. The van der Waals surface area contributed by atoms with Crippen molar-refractivity contribution in [2.45, 2.75) is 57.8 Å². The lowest BCUT2D eigenvalue weighted by Gasteiger charge is -2.32. The molecule has 0 unspecified atom stereocenters. The Morgan fingerprint density at radius 1 is 0.348 bits per heavy atom. The van der Waals surface area contributed by atoms with Crippen molar-refractivity contribution < 1.29 is 8.83 Å². The van der Waals surface area contributed by atoms with Gasteiger partial charge in [-0.15, -0.1) is 0 Å². The number of furan rings is 2. The van der Waals surface area contributed by atoms with Gasteiger partial charge in [0.2, 0.25) is 0 Å². The molecule has 0 radical (unpaired) electrons. The van der Waals surface area contributed by atoms with E-state index in [0.29, 0.717) is 0 Å². The van der Waals surface area contributed by atoms with Crippen molar-refractivity contribution in [2.75, 3.05) is 4.90 Å². The first kappa shape index (κ1) is 37.7. The van der Waals surface area contributed by atoms with Crippen molar-refractivity contribution in [3.05, 3.63) is 209 Å². The summed E-state index contributed by atoms with van der Waals surface area (Å²) < 4.78 is 13.7. The minimum atomic E-state index is -0.310. The van der Waals surface area contributed by atoms with E-state index in [2.05, 4.69) is 222 Å². The molecule has 2 heterocycles. The number of benzene rings is 9. The highest BCUT2D eigenvalue weighted by molar-refractivity contribution is 6.21. The first-order chi connectivity index (χ1) is 32.0. The van der Waals surface area contributed by atoms with E-state index in [1.54, 1.807) is 0 Å². The Balaban J connectivity index is 0.984. The summed E-state index contributed by atoms with van der Waals surface area (Å²) in [6.45, 7) is 14.5. The van der Waals surface area contributed by atoms with Crippen molar-refractivity contribution in [1.82, 2.24) is 0 Å². The first-order valence-electron chi connectivity index (χ1n) is 23.3. The zero-order valence-corrected chi connectivity index (χ0v) is 38.0. The van der Waals surface area contributed by atoms with Gasteiger partial charge in [-0.3, -0.25) is 0 Å². The first-order valence-corrected chi connectivity index (χ1v) is 23.3. The third-order valence-electron chi connectivity index (χ3n) is 15.8. The van der Waals surface area contributed by atoms with E-state index in [4.69, 9.17) is 8.83 Å². The topological polar surface area (TPSA) is 29.5 Å². The second-order valence-electron chi connectivity index (χ2n) is 20.4. The van der Waals surface area contributed by atoms with Crippen LogP contribution in [0.15, 0.2) is 185 Å². The third kappa shape index (κ3) is 4.72. The van der Waals surface area contributed by atoms with Gasteiger partial charge < -0.3 is 13.7 Å². The van der Waals surface area contributed by atoms with Gasteiger partial charge in [0.15, 0.2) is 0 Å². The van der Waals surface area contributed by atoms with E-state index in [9.17, 15) is 0 Å². The molecule has 3 aliphatic carbocycles. The molecule has 0 atom stereocenters. The van der Waals surface area contributed by atoms with E-state index < -0.39 is 0 Å². The molecule has 0 saturated carbocycles. The quantitative estimate of drug-likeness (QED) is 0.177. The van der Waals surface area contributed by atoms with Gasteiger partial charge >= 0.3 is 0 Å². The highest BCUT2D eigenvalue weighted by Crippen LogP contribution is 2.64. The molecule has 14 rings (SSSR count). The maximum absolute atomic E-state index is 6.96. The van der Waals surface area contributed by atoms with Crippen LogP contribution in [-0.2, 0) is 16.2 Å². The molecule has 0 N–H and O–H groups in total. The highest BCUT2D eigenvalue weighted by atomic mass is 16.3. The molecule has 0 bridgehead atoms. The number of para-hydroxylation sites is 3. The largest absolute Gasteiger partial charge is 0.455 e. The number of hydrogen-bond donors (Lipinski definition) is 0. The van der Waals surface area contributed by atoms with Crippen molar-refractivity contribution in [2.24, 2.45) is 0 Å². The van der Waals surface area contributed by atoms with Gasteiger partial charge in [-0.2, -0.15) is 0 Å². The van der Waals surface area contributed by atoms with Crippen molar-refractivity contribution in [3.63, 3.8) is 0 Å². The zero-order chi connectivity index (χ0) is 44.4. The normalized spacial score (nSPS) is 15.5. The Bertz CT molecular complexity index is 3900. The monoisotopic (exact) mass is 849 g/mol. The van der Waals surface area contributed by atoms with Crippen LogP contribution in [0.5, 0.6) is 0 Å². The second-order valence-corrected chi connectivity index (χ2v) is 20.4. The van der Waals surface area contributed by atoms with Gasteiger partial charge in [0.05, 0.1) is 0 Å². The lowest BCUT2D eigenvalue weighted by Crippen LogP contribution is -2.24. The van der Waals surface area contributed by atoms with Crippen LogP contribution in [-0.4, -0.2) is 0 Å². The van der Waals surface area contributed by atoms with Crippen LogP contribution >= 0.6 is 0 Å². The molecule has 316 valence electrons. The van der Waals surface area contributed by atoms with Crippen LogP contribution in [0.1, 0.15) is 74.9 Å². The molecule has 66 heavy (non-hydrogen) atoms. The van der Waals surface area contributed by atoms with E-state index in [-0.39, 0.29) is 16.2 Å². The Morgan fingerprint density at radius 3 is 1.53 bits per heavy atom. The molecule has 0 amide bonds. The van der Waals surface area contributed by atoms with Crippen LogP contribution in [0.4, 0.5) is 17.1 Å². The highest BCUT2D eigenvalue weighted by Gasteiger charge is 2.49. The molecule has 0 saturated heterocycles. The Hall–Kier alpha value is -7.62. The van der Waals surface area contributed by atoms with Gasteiger partial charge in [0.25, 0.3) is 0 Å². The van der Waals surface area contributed by atoms with Gasteiger partial charge in [-0.25, -0.2) is 0 Å². The molecule has 3 aliphatic rings. The van der Waals surface area contributed by atoms with Crippen molar-refractivity contribution in [3.8, 4) is 44.5 Å². The van der Waals surface area contributed by atoms with Gasteiger partial charge in [0, 0.05) is 66.0 Å². The Morgan fingerprint density at radius 2 is 0.848 bits per heavy atom. The number of nitrogens with zero attached hydrogens (tertiary/aromatic N) is 1. The second kappa shape index (κ2) is 12.8.